The molecule has 0 spiro atoms. The minimum atomic E-state index is -0.489. The summed E-state index contributed by atoms with van der Waals surface area (Å²) in [5.74, 6) is 1.40. The summed E-state index contributed by atoms with van der Waals surface area (Å²) >= 11 is 0. The fraction of sp³-hybridized carbons (Fsp3) is 0.688. The Morgan fingerprint density at radius 3 is 2.64 bits per heavy atom. The lowest BCUT2D eigenvalue weighted by Crippen LogP contribution is -2.39. The maximum absolute atomic E-state index is 12.2. The molecule has 1 aliphatic rings. The third-order valence-corrected chi connectivity index (χ3v) is 3.51. The standard InChI is InChI=1S/C16H25N3O3/c1-10-7-13(9-19(10)15(20)22-16(4,5)6)21-14-8-17-12(3)18-11(14)2/h8,10,13H,7,9H2,1-6H3/t10-,13+/m0/s1. The summed E-state index contributed by atoms with van der Waals surface area (Å²) in [5, 5.41) is 0. The van der Waals surface area contributed by atoms with Crippen molar-refractivity contribution >= 4 is 6.09 Å². The quantitative estimate of drug-likeness (QED) is 0.840. The van der Waals surface area contributed by atoms with Crippen LogP contribution in [-0.4, -0.2) is 45.3 Å². The highest BCUT2D eigenvalue weighted by Gasteiger charge is 2.36. The predicted octanol–water partition coefficient (Wildman–Crippen LogP) is 2.87. The topological polar surface area (TPSA) is 64.5 Å². The Balaban J connectivity index is 2.00. The zero-order chi connectivity index (χ0) is 16.5. The molecule has 1 aromatic heterocycles. The van der Waals surface area contributed by atoms with Crippen molar-refractivity contribution in [3.05, 3.63) is 17.7 Å². The van der Waals surface area contributed by atoms with Crippen molar-refractivity contribution in [1.29, 1.82) is 0 Å². The van der Waals surface area contributed by atoms with Crippen molar-refractivity contribution < 1.29 is 14.3 Å². The Morgan fingerprint density at radius 1 is 1.36 bits per heavy atom. The van der Waals surface area contributed by atoms with Gasteiger partial charge in [-0.2, -0.15) is 0 Å². The molecule has 0 aromatic carbocycles. The van der Waals surface area contributed by atoms with Crippen LogP contribution >= 0.6 is 0 Å². The second-order valence-electron chi connectivity index (χ2n) is 6.82. The van der Waals surface area contributed by atoms with Crippen LogP contribution in [0.5, 0.6) is 5.75 Å². The number of amides is 1. The van der Waals surface area contributed by atoms with Gasteiger partial charge < -0.3 is 14.4 Å². The van der Waals surface area contributed by atoms with Crippen LogP contribution in [0.4, 0.5) is 4.79 Å². The number of nitrogens with zero attached hydrogens (tertiary/aromatic N) is 3. The molecule has 0 radical (unpaired) electrons. The van der Waals surface area contributed by atoms with E-state index in [-0.39, 0.29) is 18.2 Å². The molecule has 1 saturated heterocycles. The molecule has 0 aliphatic carbocycles. The molecular weight excluding hydrogens is 282 g/mol. The second kappa shape index (κ2) is 6.10. The van der Waals surface area contributed by atoms with Gasteiger partial charge in [0, 0.05) is 12.5 Å². The molecular formula is C16H25N3O3. The predicted molar refractivity (Wildman–Crippen MR) is 82.9 cm³/mol. The fourth-order valence-corrected chi connectivity index (χ4v) is 2.51. The van der Waals surface area contributed by atoms with Crippen molar-refractivity contribution in [1.82, 2.24) is 14.9 Å². The van der Waals surface area contributed by atoms with Crippen molar-refractivity contribution in [2.75, 3.05) is 6.54 Å². The highest BCUT2D eigenvalue weighted by Crippen LogP contribution is 2.25. The number of likely N-dealkylation sites (tertiary alicyclic amines) is 1. The molecule has 2 heterocycles. The molecule has 1 aromatic rings. The van der Waals surface area contributed by atoms with Gasteiger partial charge in [-0.1, -0.05) is 0 Å². The summed E-state index contributed by atoms with van der Waals surface area (Å²) < 4.78 is 11.4. The first-order chi connectivity index (χ1) is 10.2. The molecule has 2 atom stereocenters. The monoisotopic (exact) mass is 307 g/mol. The molecule has 2 rings (SSSR count). The van der Waals surface area contributed by atoms with E-state index in [1.54, 1.807) is 11.1 Å². The Labute approximate surface area is 131 Å². The van der Waals surface area contributed by atoms with Gasteiger partial charge in [0.25, 0.3) is 0 Å². The van der Waals surface area contributed by atoms with Crippen LogP contribution in [0.15, 0.2) is 6.20 Å². The van der Waals surface area contributed by atoms with Crippen LogP contribution in [0.3, 0.4) is 0 Å². The van der Waals surface area contributed by atoms with Crippen LogP contribution in [0, 0.1) is 13.8 Å². The van der Waals surface area contributed by atoms with Gasteiger partial charge in [0.05, 0.1) is 18.4 Å². The van der Waals surface area contributed by atoms with E-state index in [9.17, 15) is 4.79 Å². The Morgan fingerprint density at radius 2 is 2.05 bits per heavy atom. The van der Waals surface area contributed by atoms with Crippen molar-refractivity contribution in [3.8, 4) is 5.75 Å². The normalized spacial score (nSPS) is 21.8. The second-order valence-corrected chi connectivity index (χ2v) is 6.82. The summed E-state index contributed by atoms with van der Waals surface area (Å²) in [5.41, 5.74) is 0.327. The average molecular weight is 307 g/mol. The number of hydrogen-bond donors (Lipinski definition) is 0. The lowest BCUT2D eigenvalue weighted by molar-refractivity contribution is 0.0224. The van der Waals surface area contributed by atoms with Gasteiger partial charge in [0.15, 0.2) is 5.75 Å². The Hall–Kier alpha value is -1.85. The Bertz CT molecular complexity index is 554. The van der Waals surface area contributed by atoms with Crippen LogP contribution in [0.25, 0.3) is 0 Å². The summed E-state index contributed by atoms with van der Waals surface area (Å²) in [6.07, 6.45) is 2.11. The first kappa shape index (κ1) is 16.5. The molecule has 0 unspecified atom stereocenters. The molecule has 1 aliphatic heterocycles. The zero-order valence-corrected chi connectivity index (χ0v) is 14.2. The lowest BCUT2D eigenvalue weighted by Gasteiger charge is -2.26. The maximum Gasteiger partial charge on any atom is 0.410 e. The smallest absolute Gasteiger partial charge is 0.410 e. The molecule has 1 amide bonds. The molecule has 0 bridgehead atoms. The van der Waals surface area contributed by atoms with Gasteiger partial charge in [0.1, 0.15) is 17.5 Å². The van der Waals surface area contributed by atoms with E-state index in [4.69, 9.17) is 9.47 Å². The number of rotatable bonds is 2. The van der Waals surface area contributed by atoms with Crippen molar-refractivity contribution in [2.24, 2.45) is 0 Å². The van der Waals surface area contributed by atoms with Gasteiger partial charge >= 0.3 is 6.09 Å². The van der Waals surface area contributed by atoms with Crippen LogP contribution in [0.2, 0.25) is 0 Å². The number of carbonyl (C=O) groups excluding carboxylic acids is 1. The van der Waals surface area contributed by atoms with E-state index in [2.05, 4.69) is 9.97 Å². The highest BCUT2D eigenvalue weighted by molar-refractivity contribution is 5.69. The van der Waals surface area contributed by atoms with Crippen molar-refractivity contribution in [3.63, 3.8) is 0 Å². The minimum absolute atomic E-state index is 0.0625. The van der Waals surface area contributed by atoms with E-state index < -0.39 is 5.60 Å². The van der Waals surface area contributed by atoms with Gasteiger partial charge in [-0.15, -0.1) is 0 Å². The van der Waals surface area contributed by atoms with Crippen LogP contribution in [-0.2, 0) is 4.74 Å². The molecule has 22 heavy (non-hydrogen) atoms. The summed E-state index contributed by atoms with van der Waals surface area (Å²) in [6, 6.07) is 0.0894. The van der Waals surface area contributed by atoms with Crippen LogP contribution in [0.1, 0.15) is 45.6 Å². The largest absolute Gasteiger partial charge is 0.485 e. The molecule has 0 N–H and O–H groups in total. The third-order valence-electron chi connectivity index (χ3n) is 3.51. The van der Waals surface area contributed by atoms with Crippen molar-refractivity contribution in [2.45, 2.75) is 65.7 Å². The van der Waals surface area contributed by atoms with Gasteiger partial charge in [-0.3, -0.25) is 0 Å². The zero-order valence-electron chi connectivity index (χ0n) is 14.2. The molecule has 122 valence electrons. The van der Waals surface area contributed by atoms with E-state index in [0.29, 0.717) is 12.3 Å². The van der Waals surface area contributed by atoms with E-state index in [0.717, 1.165) is 17.9 Å². The lowest BCUT2D eigenvalue weighted by atomic mass is 10.2. The molecule has 0 saturated carbocycles. The maximum atomic E-state index is 12.2. The average Bonchev–Trinajstić information content (AvgIpc) is 2.72. The van der Waals surface area contributed by atoms with Gasteiger partial charge in [-0.05, 0) is 41.5 Å². The summed E-state index contributed by atoms with van der Waals surface area (Å²) in [6.45, 7) is 11.9. The number of hydrogen-bond acceptors (Lipinski definition) is 5. The summed E-state index contributed by atoms with van der Waals surface area (Å²) in [7, 11) is 0. The number of aryl methyl sites for hydroxylation is 2. The van der Waals surface area contributed by atoms with Gasteiger partial charge in [-0.25, -0.2) is 14.8 Å². The SMILES string of the molecule is Cc1ncc(O[C@@H]2C[C@H](C)N(C(=O)OC(C)(C)C)C2)c(C)n1. The highest BCUT2D eigenvalue weighted by atomic mass is 16.6. The van der Waals surface area contributed by atoms with E-state index in [1.807, 2.05) is 41.5 Å². The van der Waals surface area contributed by atoms with Gasteiger partial charge in [0.2, 0.25) is 0 Å². The number of carbonyl (C=O) groups is 1. The first-order valence-corrected chi connectivity index (χ1v) is 7.62. The number of aromatic nitrogens is 2. The molecule has 6 nitrogen and oxygen atoms in total. The molecule has 6 heteroatoms. The van der Waals surface area contributed by atoms with E-state index >= 15 is 0 Å². The number of ether oxygens (including phenoxy) is 2. The fourth-order valence-electron chi connectivity index (χ4n) is 2.51. The van der Waals surface area contributed by atoms with Crippen LogP contribution < -0.4 is 4.74 Å². The molecule has 1 fully saturated rings. The Kier molecular flexibility index (Phi) is 4.58. The summed E-state index contributed by atoms with van der Waals surface area (Å²) in [4.78, 5) is 22.4. The third kappa shape index (κ3) is 4.08. The minimum Gasteiger partial charge on any atom is -0.485 e. The van der Waals surface area contributed by atoms with E-state index in [1.165, 1.54) is 0 Å². The first-order valence-electron chi connectivity index (χ1n) is 7.62.